The van der Waals surface area contributed by atoms with Crippen molar-refractivity contribution in [2.24, 2.45) is 0 Å². The van der Waals surface area contributed by atoms with E-state index >= 15 is 0 Å². The van der Waals surface area contributed by atoms with Crippen LogP contribution < -0.4 is 0 Å². The van der Waals surface area contributed by atoms with Crippen molar-refractivity contribution in [2.75, 3.05) is 39.6 Å². The molecule has 50 heavy (non-hydrogen) atoms. The minimum absolute atomic E-state index is 0.135. The smallest absolute Gasteiger partial charge is 0.429 e. The Morgan fingerprint density at radius 2 is 0.900 bits per heavy atom. The van der Waals surface area contributed by atoms with Crippen LogP contribution in [0.4, 0.5) is 21.0 Å². The third-order valence-corrected chi connectivity index (χ3v) is 8.04. The second kappa shape index (κ2) is 16.4. The minimum atomic E-state index is -1.16. The maximum Gasteiger partial charge on any atom is 0.510 e. The van der Waals surface area contributed by atoms with Gasteiger partial charge in [-0.05, 0) is 49.2 Å². The summed E-state index contributed by atoms with van der Waals surface area (Å²) in [5, 5.41) is 21.5. The molecular weight excluding hydrogens is 668 g/mol. The molecule has 2 fully saturated rings. The molecule has 2 atom stereocenters. The predicted octanol–water partition coefficient (Wildman–Crippen LogP) is 1.54. The largest absolute Gasteiger partial charge is 0.510 e. The Hall–Kier alpha value is -6.02. The number of carbonyl (C=O) groups is 6. The van der Waals surface area contributed by atoms with Crippen molar-refractivity contribution in [1.82, 2.24) is 19.6 Å². The Morgan fingerprint density at radius 1 is 0.600 bits per heavy atom. The summed E-state index contributed by atoms with van der Waals surface area (Å²) in [5.74, 6) is -2.62. The summed E-state index contributed by atoms with van der Waals surface area (Å²) in [5.41, 5.74) is 0.633. The number of nitrogens with zero attached hydrogens (tertiary/aromatic N) is 6. The minimum Gasteiger partial charge on any atom is -0.429 e. The zero-order chi connectivity index (χ0) is 36.5. The van der Waals surface area contributed by atoms with Crippen LogP contribution in [0.1, 0.15) is 25.0 Å². The summed E-state index contributed by atoms with van der Waals surface area (Å²) in [6.07, 6.45) is -2.32. The van der Waals surface area contributed by atoms with E-state index in [0.717, 1.165) is 9.80 Å². The van der Waals surface area contributed by atoms with Crippen molar-refractivity contribution in [3.05, 3.63) is 79.9 Å². The molecule has 2 aliphatic rings. The second-order valence-electron chi connectivity index (χ2n) is 11.2. The molecule has 0 N–H and O–H groups in total. The number of hydrogen-bond donors (Lipinski definition) is 0. The molecule has 4 amide bonds. The molecule has 20 nitrogen and oxygen atoms in total. The number of benzene rings is 2. The highest BCUT2D eigenvalue weighted by Crippen LogP contribution is 2.19. The molecule has 0 aromatic heterocycles. The van der Waals surface area contributed by atoms with E-state index in [-0.39, 0.29) is 50.8 Å². The highest BCUT2D eigenvalue weighted by molar-refractivity contribution is 6.00. The molecule has 266 valence electrons. The molecular formula is C30H32N6O14. The van der Waals surface area contributed by atoms with Gasteiger partial charge in [0.15, 0.2) is 13.5 Å². The molecule has 20 heteroatoms. The second-order valence-corrected chi connectivity index (χ2v) is 11.2. The molecule has 2 unspecified atom stereocenters. The first-order chi connectivity index (χ1) is 23.7. The van der Waals surface area contributed by atoms with Crippen LogP contribution in [0.15, 0.2) is 48.5 Å². The highest BCUT2D eigenvalue weighted by atomic mass is 16.7. The lowest BCUT2D eigenvalue weighted by atomic mass is 10.1. The number of hydrogen-bond acceptors (Lipinski definition) is 16. The SMILES string of the molecule is CC(C(C)N1CC(=O)N(COC(=O)OCc2ccc([N+](=O)[O-])cc2)C(=O)C1)N1CC(=O)N(COC(=O)OCc2ccc([N+](=O)[O-])cc2)C(=O)C1. The van der Waals surface area contributed by atoms with Crippen LogP contribution >= 0.6 is 0 Å². The zero-order valence-corrected chi connectivity index (χ0v) is 26.8. The van der Waals surface area contributed by atoms with Crippen LogP contribution in [0.3, 0.4) is 0 Å². The van der Waals surface area contributed by atoms with E-state index in [2.05, 4.69) is 0 Å². The standard InChI is InChI=1S/C30H32N6O14/c1-19(31-11-25(37)33(26(38)12-31)17-49-29(41)47-15-21-3-7-23(8-4-21)35(43)44)20(2)32-13-27(39)34(28(40)14-32)18-50-30(42)48-16-22-5-9-24(10-6-22)36(45)46/h3-10,19-20H,11-18H2,1-2H3. The number of carbonyl (C=O) groups excluding carboxylic acids is 6. The van der Waals surface area contributed by atoms with E-state index in [1.54, 1.807) is 23.6 Å². The maximum atomic E-state index is 12.8. The Morgan fingerprint density at radius 3 is 1.18 bits per heavy atom. The van der Waals surface area contributed by atoms with Gasteiger partial charge in [-0.1, -0.05) is 0 Å². The summed E-state index contributed by atoms with van der Waals surface area (Å²) >= 11 is 0. The Labute approximate surface area is 283 Å². The molecule has 0 spiro atoms. The van der Waals surface area contributed by atoms with E-state index in [4.69, 9.17) is 18.9 Å². The molecule has 0 bridgehead atoms. The van der Waals surface area contributed by atoms with Gasteiger partial charge < -0.3 is 18.9 Å². The van der Waals surface area contributed by atoms with E-state index in [9.17, 15) is 49.0 Å². The lowest BCUT2D eigenvalue weighted by Gasteiger charge is -2.43. The van der Waals surface area contributed by atoms with Gasteiger partial charge in [0.25, 0.3) is 11.4 Å². The fourth-order valence-electron chi connectivity index (χ4n) is 4.93. The quantitative estimate of drug-likeness (QED) is 0.125. The van der Waals surface area contributed by atoms with E-state index in [1.807, 2.05) is 0 Å². The molecule has 0 aliphatic carbocycles. The fourth-order valence-corrected chi connectivity index (χ4v) is 4.93. The Kier molecular flexibility index (Phi) is 12.1. The number of amides is 4. The van der Waals surface area contributed by atoms with Gasteiger partial charge in [-0.3, -0.25) is 49.2 Å². The number of imide groups is 2. The summed E-state index contributed by atoms with van der Waals surface area (Å²) in [6, 6.07) is 9.57. The van der Waals surface area contributed by atoms with Crippen LogP contribution in [0, 0.1) is 20.2 Å². The Bertz CT molecular complexity index is 1490. The molecule has 2 aliphatic heterocycles. The molecule has 0 radical (unpaired) electrons. The summed E-state index contributed by atoms with van der Waals surface area (Å²) in [6.45, 7) is 0.646. The molecule has 2 heterocycles. The lowest BCUT2D eigenvalue weighted by molar-refractivity contribution is -0.385. The van der Waals surface area contributed by atoms with Gasteiger partial charge in [-0.2, -0.15) is 0 Å². The van der Waals surface area contributed by atoms with Gasteiger partial charge in [0.05, 0.1) is 36.0 Å². The molecule has 4 rings (SSSR count). The number of nitro benzene ring substituents is 2. The molecule has 0 saturated carbocycles. The van der Waals surface area contributed by atoms with Crippen molar-refractivity contribution in [2.45, 2.75) is 39.1 Å². The molecule has 2 saturated heterocycles. The van der Waals surface area contributed by atoms with Gasteiger partial charge in [0, 0.05) is 36.3 Å². The molecule has 2 aromatic rings. The van der Waals surface area contributed by atoms with Crippen LogP contribution in [0.25, 0.3) is 0 Å². The van der Waals surface area contributed by atoms with Gasteiger partial charge in [-0.15, -0.1) is 0 Å². The van der Waals surface area contributed by atoms with E-state index in [0.29, 0.717) is 11.1 Å². The number of nitro groups is 2. The third-order valence-electron chi connectivity index (χ3n) is 8.04. The monoisotopic (exact) mass is 700 g/mol. The average molecular weight is 701 g/mol. The van der Waals surface area contributed by atoms with Crippen molar-refractivity contribution in [3.63, 3.8) is 0 Å². The maximum absolute atomic E-state index is 12.8. The average Bonchev–Trinajstić information content (AvgIpc) is 3.08. The van der Waals surface area contributed by atoms with Gasteiger partial charge in [0.2, 0.25) is 23.6 Å². The summed E-state index contributed by atoms with van der Waals surface area (Å²) in [7, 11) is 0. The van der Waals surface area contributed by atoms with Crippen molar-refractivity contribution < 1.29 is 57.6 Å². The van der Waals surface area contributed by atoms with Crippen molar-refractivity contribution in [3.8, 4) is 0 Å². The van der Waals surface area contributed by atoms with Crippen LogP contribution in [0.2, 0.25) is 0 Å². The van der Waals surface area contributed by atoms with E-state index < -0.39 is 71.3 Å². The zero-order valence-electron chi connectivity index (χ0n) is 26.8. The van der Waals surface area contributed by atoms with Gasteiger partial charge in [0.1, 0.15) is 13.2 Å². The fraction of sp³-hybridized carbons (Fsp3) is 0.400. The number of ether oxygens (including phenoxy) is 4. The normalized spacial score (nSPS) is 16.8. The topological polar surface area (TPSA) is 239 Å². The van der Waals surface area contributed by atoms with Crippen LogP contribution in [-0.2, 0) is 51.3 Å². The van der Waals surface area contributed by atoms with E-state index in [1.165, 1.54) is 48.5 Å². The third kappa shape index (κ3) is 9.54. The van der Waals surface area contributed by atoms with Crippen molar-refractivity contribution >= 4 is 47.3 Å². The Balaban J connectivity index is 1.19. The van der Waals surface area contributed by atoms with Crippen LogP contribution in [-0.4, -0.2) is 117 Å². The first-order valence-electron chi connectivity index (χ1n) is 14.9. The lowest BCUT2D eigenvalue weighted by Crippen LogP contribution is -2.63. The number of rotatable bonds is 13. The van der Waals surface area contributed by atoms with Gasteiger partial charge in [-0.25, -0.2) is 19.4 Å². The summed E-state index contributed by atoms with van der Waals surface area (Å²) < 4.78 is 19.7. The number of piperazine rings is 2. The first kappa shape index (κ1) is 36.8. The van der Waals surface area contributed by atoms with Crippen molar-refractivity contribution in [1.29, 1.82) is 0 Å². The molecule has 2 aromatic carbocycles. The predicted molar refractivity (Wildman–Crippen MR) is 164 cm³/mol. The summed E-state index contributed by atoms with van der Waals surface area (Å²) in [4.78, 5) is 100. The van der Waals surface area contributed by atoms with Gasteiger partial charge >= 0.3 is 12.3 Å². The number of non-ortho nitro benzene ring substituents is 2. The van der Waals surface area contributed by atoms with Crippen LogP contribution in [0.5, 0.6) is 0 Å². The first-order valence-corrected chi connectivity index (χ1v) is 14.9. The highest BCUT2D eigenvalue weighted by Gasteiger charge is 2.40.